The topological polar surface area (TPSA) is 88.1 Å². The van der Waals surface area contributed by atoms with Gasteiger partial charge in [-0.2, -0.15) is 5.10 Å². The van der Waals surface area contributed by atoms with Gasteiger partial charge in [-0.15, -0.1) is 0 Å². The van der Waals surface area contributed by atoms with Crippen molar-refractivity contribution in [1.29, 1.82) is 0 Å². The molecule has 2 aliphatic rings. The number of hydrogen-bond acceptors (Lipinski definition) is 6. The number of hydrazone groups is 1. The van der Waals surface area contributed by atoms with Gasteiger partial charge in [0.2, 0.25) is 5.91 Å². The molecule has 114 valence electrons. The number of rotatable bonds is 3. The molecule has 0 saturated carbocycles. The van der Waals surface area contributed by atoms with Crippen LogP contribution in [0.25, 0.3) is 0 Å². The van der Waals surface area contributed by atoms with Gasteiger partial charge in [-0.1, -0.05) is 0 Å². The highest BCUT2D eigenvalue weighted by Gasteiger charge is 2.55. The van der Waals surface area contributed by atoms with Gasteiger partial charge in [0.1, 0.15) is 17.8 Å². The lowest BCUT2D eigenvalue weighted by molar-refractivity contribution is -0.136. The fourth-order valence-corrected chi connectivity index (χ4v) is 2.51. The number of benzene rings is 1. The van der Waals surface area contributed by atoms with Crippen LogP contribution in [0.5, 0.6) is 0 Å². The highest BCUT2D eigenvalue weighted by Crippen LogP contribution is 2.30. The van der Waals surface area contributed by atoms with Gasteiger partial charge in [-0.3, -0.25) is 15.0 Å². The van der Waals surface area contributed by atoms with Gasteiger partial charge in [0.15, 0.2) is 5.71 Å². The van der Waals surface area contributed by atoms with E-state index >= 15 is 0 Å². The maximum atomic E-state index is 13.0. The van der Waals surface area contributed by atoms with Crippen molar-refractivity contribution in [2.24, 2.45) is 11.0 Å². The van der Waals surface area contributed by atoms with Gasteiger partial charge < -0.3 is 4.74 Å². The zero-order valence-corrected chi connectivity index (χ0v) is 11.6. The van der Waals surface area contributed by atoms with Gasteiger partial charge in [0, 0.05) is 0 Å². The van der Waals surface area contributed by atoms with Gasteiger partial charge in [0.05, 0.1) is 12.3 Å². The molecule has 0 spiro atoms. The van der Waals surface area contributed by atoms with Gasteiger partial charge in [-0.25, -0.2) is 14.1 Å². The second-order valence-corrected chi connectivity index (χ2v) is 4.79. The molecule has 1 saturated heterocycles. The number of ether oxygens (including phenoxy) is 1. The van der Waals surface area contributed by atoms with E-state index in [1.54, 1.807) is 6.92 Å². The Morgan fingerprint density at radius 2 is 2.00 bits per heavy atom. The molecule has 0 unspecified atom stereocenters. The predicted molar refractivity (Wildman–Crippen MR) is 73.4 cm³/mol. The van der Waals surface area contributed by atoms with Gasteiger partial charge in [-0.05, 0) is 31.2 Å². The average Bonchev–Trinajstić information content (AvgIpc) is 3.03. The number of amides is 2. The smallest absolute Gasteiger partial charge is 0.355 e. The summed E-state index contributed by atoms with van der Waals surface area (Å²) in [7, 11) is 0. The lowest BCUT2D eigenvalue weighted by atomic mass is 9.99. The molecule has 2 aliphatic heterocycles. The number of halogens is 1. The molecule has 0 aliphatic carbocycles. The first-order chi connectivity index (χ1) is 10.5. The van der Waals surface area contributed by atoms with E-state index in [-0.39, 0.29) is 18.0 Å². The third kappa shape index (κ3) is 2.03. The van der Waals surface area contributed by atoms with Crippen molar-refractivity contribution < 1.29 is 23.5 Å². The molecule has 2 heterocycles. The lowest BCUT2D eigenvalue weighted by Gasteiger charge is -2.15. The Hall–Kier alpha value is -2.77. The van der Waals surface area contributed by atoms with E-state index in [0.29, 0.717) is 0 Å². The number of fused-ring (bicyclic) bond motifs is 1. The minimum absolute atomic E-state index is 0.116. The van der Waals surface area contributed by atoms with E-state index in [0.717, 1.165) is 17.0 Å². The van der Waals surface area contributed by atoms with Crippen molar-refractivity contribution in [2.75, 3.05) is 11.5 Å². The highest BCUT2D eigenvalue weighted by atomic mass is 19.1. The summed E-state index contributed by atoms with van der Waals surface area (Å²) < 4.78 is 17.8. The summed E-state index contributed by atoms with van der Waals surface area (Å²) in [4.78, 5) is 37.5. The normalized spacial score (nSPS) is 23.2. The molecule has 1 aromatic rings. The summed E-state index contributed by atoms with van der Waals surface area (Å²) in [6.45, 7) is 1.77. The van der Waals surface area contributed by atoms with Crippen molar-refractivity contribution in [3.05, 3.63) is 30.1 Å². The number of imide groups is 1. The van der Waals surface area contributed by atoms with Crippen molar-refractivity contribution in [3.63, 3.8) is 0 Å². The van der Waals surface area contributed by atoms with Crippen molar-refractivity contribution in [1.82, 2.24) is 5.43 Å². The summed E-state index contributed by atoms with van der Waals surface area (Å²) >= 11 is 0. The molecule has 22 heavy (non-hydrogen) atoms. The molecular formula is C14H12FN3O4. The fraction of sp³-hybridized carbons (Fsp3) is 0.286. The maximum Gasteiger partial charge on any atom is 0.355 e. The summed E-state index contributed by atoms with van der Waals surface area (Å²) in [5, 5.41) is 3.75. The molecule has 2 amide bonds. The number of carbonyl (C=O) groups excluding carboxylic acids is 3. The molecule has 1 fully saturated rings. The SMILES string of the molecule is CCOC(=O)C1=NN[C@H]2C(=O)N(c3ccc(F)cc3)C(=O)[C@H]12. The maximum absolute atomic E-state index is 13.0. The Kier molecular flexibility index (Phi) is 3.36. The van der Waals surface area contributed by atoms with Crippen LogP contribution in [0.2, 0.25) is 0 Å². The Morgan fingerprint density at radius 3 is 2.64 bits per heavy atom. The zero-order valence-electron chi connectivity index (χ0n) is 11.6. The number of esters is 1. The molecule has 0 aromatic heterocycles. The van der Waals surface area contributed by atoms with Gasteiger partial charge >= 0.3 is 5.97 Å². The molecule has 1 aromatic carbocycles. The summed E-state index contributed by atoms with van der Waals surface area (Å²) in [6, 6.07) is 4.02. The number of nitrogens with one attached hydrogen (secondary N) is 1. The third-order valence-corrected chi connectivity index (χ3v) is 3.49. The Bertz CT molecular complexity index is 686. The molecular weight excluding hydrogens is 293 g/mol. The minimum Gasteiger partial charge on any atom is -0.461 e. The number of hydrogen-bond donors (Lipinski definition) is 1. The first-order valence-electron chi connectivity index (χ1n) is 6.68. The van der Waals surface area contributed by atoms with Crippen LogP contribution in [-0.2, 0) is 19.1 Å². The van der Waals surface area contributed by atoms with Crippen LogP contribution in [-0.4, -0.2) is 36.1 Å². The zero-order chi connectivity index (χ0) is 15.9. The van der Waals surface area contributed by atoms with Crippen LogP contribution in [0.4, 0.5) is 10.1 Å². The Balaban J connectivity index is 1.91. The Morgan fingerprint density at radius 1 is 1.32 bits per heavy atom. The number of carbonyl (C=O) groups is 3. The number of nitrogens with zero attached hydrogens (tertiary/aromatic N) is 2. The van der Waals surface area contributed by atoms with Crippen LogP contribution < -0.4 is 10.3 Å². The van der Waals surface area contributed by atoms with Crippen LogP contribution in [0, 0.1) is 11.7 Å². The van der Waals surface area contributed by atoms with E-state index in [4.69, 9.17) is 4.74 Å². The first kappa shape index (κ1) is 14.2. The van der Waals surface area contributed by atoms with E-state index < -0.39 is 35.6 Å². The summed E-state index contributed by atoms with van der Waals surface area (Å²) in [5.41, 5.74) is 2.63. The lowest BCUT2D eigenvalue weighted by Crippen LogP contribution is -2.36. The standard InChI is InChI=1S/C14H12FN3O4/c1-2-22-14(21)11-9-10(16-17-11)13(20)18(12(9)19)8-5-3-7(15)4-6-8/h3-6,9-10,16H,2H2,1H3/t9-,10+/m0/s1. The van der Waals surface area contributed by atoms with Crippen LogP contribution in [0.3, 0.4) is 0 Å². The largest absolute Gasteiger partial charge is 0.461 e. The second kappa shape index (κ2) is 5.21. The van der Waals surface area contributed by atoms with Gasteiger partial charge in [0.25, 0.3) is 5.91 Å². The van der Waals surface area contributed by atoms with Crippen molar-refractivity contribution >= 4 is 29.2 Å². The molecule has 0 radical (unpaired) electrons. The number of anilines is 1. The van der Waals surface area contributed by atoms with Crippen molar-refractivity contribution in [3.8, 4) is 0 Å². The molecule has 8 heteroatoms. The average molecular weight is 305 g/mol. The van der Waals surface area contributed by atoms with Crippen LogP contribution >= 0.6 is 0 Å². The van der Waals surface area contributed by atoms with E-state index in [2.05, 4.69) is 10.5 Å². The summed E-state index contributed by atoms with van der Waals surface area (Å²) in [5.74, 6) is -3.35. The molecule has 3 rings (SSSR count). The molecule has 0 bridgehead atoms. The molecule has 1 N–H and O–H groups in total. The van der Waals surface area contributed by atoms with E-state index in [1.807, 2.05) is 0 Å². The van der Waals surface area contributed by atoms with E-state index in [9.17, 15) is 18.8 Å². The second-order valence-electron chi connectivity index (χ2n) is 4.79. The predicted octanol–water partition coefficient (Wildman–Crippen LogP) is 0.206. The van der Waals surface area contributed by atoms with Crippen LogP contribution in [0.1, 0.15) is 6.92 Å². The molecule has 7 nitrogen and oxygen atoms in total. The summed E-state index contributed by atoms with van der Waals surface area (Å²) in [6.07, 6.45) is 0. The van der Waals surface area contributed by atoms with Crippen molar-refractivity contribution in [2.45, 2.75) is 13.0 Å². The van der Waals surface area contributed by atoms with E-state index in [1.165, 1.54) is 12.1 Å². The fourth-order valence-electron chi connectivity index (χ4n) is 2.51. The third-order valence-electron chi connectivity index (χ3n) is 3.49. The first-order valence-corrected chi connectivity index (χ1v) is 6.68. The Labute approximate surface area is 124 Å². The highest BCUT2D eigenvalue weighted by molar-refractivity contribution is 6.46. The molecule has 2 atom stereocenters. The minimum atomic E-state index is -1.02. The monoisotopic (exact) mass is 305 g/mol. The van der Waals surface area contributed by atoms with Crippen LogP contribution in [0.15, 0.2) is 29.4 Å². The quantitative estimate of drug-likeness (QED) is 0.637.